The van der Waals surface area contributed by atoms with Crippen LogP contribution in [0.25, 0.3) is 0 Å². The summed E-state index contributed by atoms with van der Waals surface area (Å²) < 4.78 is 5.90. The Morgan fingerprint density at radius 3 is 3.00 bits per heavy atom. The van der Waals surface area contributed by atoms with Crippen LogP contribution < -0.4 is 10.1 Å². The van der Waals surface area contributed by atoms with E-state index in [0.717, 1.165) is 31.8 Å². The minimum atomic E-state index is 0.319. The Labute approximate surface area is 97.4 Å². The van der Waals surface area contributed by atoms with Crippen LogP contribution in [0.3, 0.4) is 0 Å². The third kappa shape index (κ3) is 2.74. The van der Waals surface area contributed by atoms with Gasteiger partial charge in [0, 0.05) is 26.1 Å². The lowest BCUT2D eigenvalue weighted by molar-refractivity contribution is 0.169. The summed E-state index contributed by atoms with van der Waals surface area (Å²) in [6.07, 6.45) is 1.36. The smallest absolute Gasteiger partial charge is 0.123 e. The van der Waals surface area contributed by atoms with Crippen LogP contribution in [-0.2, 0) is 6.42 Å². The first-order valence-electron chi connectivity index (χ1n) is 5.87. The number of hydrogen-bond donors (Lipinski definition) is 1. The maximum absolute atomic E-state index is 5.90. The summed E-state index contributed by atoms with van der Waals surface area (Å²) in [5, 5.41) is 3.16. The van der Waals surface area contributed by atoms with E-state index < -0.39 is 0 Å². The van der Waals surface area contributed by atoms with Gasteiger partial charge in [0.25, 0.3) is 0 Å². The zero-order valence-electron chi connectivity index (χ0n) is 10.1. The molecule has 3 heteroatoms. The molecule has 0 spiro atoms. The lowest BCUT2D eigenvalue weighted by atomic mass is 10.1. The third-order valence-corrected chi connectivity index (χ3v) is 2.97. The minimum Gasteiger partial charge on any atom is -0.488 e. The molecule has 1 atom stereocenters. The van der Waals surface area contributed by atoms with E-state index in [-0.39, 0.29) is 0 Å². The summed E-state index contributed by atoms with van der Waals surface area (Å²) in [7, 11) is 4.12. The zero-order valence-corrected chi connectivity index (χ0v) is 10.1. The highest BCUT2D eigenvalue weighted by atomic mass is 16.5. The van der Waals surface area contributed by atoms with Gasteiger partial charge in [-0.15, -0.1) is 0 Å². The molecule has 1 N–H and O–H groups in total. The fourth-order valence-electron chi connectivity index (χ4n) is 2.10. The maximum Gasteiger partial charge on any atom is 0.123 e. The number of likely N-dealkylation sites (N-methyl/N-ethyl adjacent to an activating group) is 2. The van der Waals surface area contributed by atoms with Gasteiger partial charge in [0.05, 0.1) is 0 Å². The van der Waals surface area contributed by atoms with Crippen molar-refractivity contribution in [2.24, 2.45) is 0 Å². The first-order chi connectivity index (χ1) is 7.79. The number of nitrogens with one attached hydrogen (secondary N) is 1. The lowest BCUT2D eigenvalue weighted by Crippen LogP contribution is -2.35. The van der Waals surface area contributed by atoms with Crippen molar-refractivity contribution in [2.75, 3.05) is 33.7 Å². The molecule has 1 aliphatic rings. The first kappa shape index (κ1) is 11.4. The number of hydrogen-bond acceptors (Lipinski definition) is 3. The van der Waals surface area contributed by atoms with E-state index in [4.69, 9.17) is 4.74 Å². The molecule has 1 aromatic rings. The molecule has 0 amide bonds. The second-order valence-electron chi connectivity index (χ2n) is 4.42. The predicted molar refractivity (Wildman–Crippen MR) is 66.0 cm³/mol. The zero-order chi connectivity index (χ0) is 11.4. The Morgan fingerprint density at radius 1 is 1.44 bits per heavy atom. The van der Waals surface area contributed by atoms with Gasteiger partial charge in [0.15, 0.2) is 0 Å². The average molecular weight is 220 g/mol. The van der Waals surface area contributed by atoms with Crippen LogP contribution in [0, 0.1) is 0 Å². The van der Waals surface area contributed by atoms with Crippen LogP contribution in [0.15, 0.2) is 24.3 Å². The van der Waals surface area contributed by atoms with E-state index in [2.05, 4.69) is 35.5 Å². The molecule has 0 saturated heterocycles. The van der Waals surface area contributed by atoms with Crippen LogP contribution in [0.2, 0.25) is 0 Å². The van der Waals surface area contributed by atoms with Crippen molar-refractivity contribution < 1.29 is 4.74 Å². The summed E-state index contributed by atoms with van der Waals surface area (Å²) >= 11 is 0. The molecule has 3 nitrogen and oxygen atoms in total. The molecule has 16 heavy (non-hydrogen) atoms. The molecule has 2 rings (SSSR count). The molecule has 1 aliphatic heterocycles. The number of rotatable bonds is 5. The third-order valence-electron chi connectivity index (χ3n) is 2.97. The molecule has 0 fully saturated rings. The highest BCUT2D eigenvalue weighted by Gasteiger charge is 2.22. The topological polar surface area (TPSA) is 24.5 Å². The number of benzene rings is 1. The van der Waals surface area contributed by atoms with Crippen molar-refractivity contribution in [1.29, 1.82) is 0 Å². The van der Waals surface area contributed by atoms with Gasteiger partial charge in [-0.05, 0) is 25.7 Å². The summed E-state index contributed by atoms with van der Waals surface area (Å²) in [6.45, 7) is 3.08. The summed E-state index contributed by atoms with van der Waals surface area (Å²) in [5.74, 6) is 1.06. The second-order valence-corrected chi connectivity index (χ2v) is 4.42. The highest BCUT2D eigenvalue weighted by Crippen LogP contribution is 2.28. The van der Waals surface area contributed by atoms with E-state index in [9.17, 15) is 0 Å². The SMILES string of the molecule is CNCCN(C)CC1Cc2ccccc2O1. The van der Waals surface area contributed by atoms with Crippen LogP contribution in [0.5, 0.6) is 5.75 Å². The molecule has 1 aromatic carbocycles. The Bertz CT molecular complexity index is 315. The summed E-state index contributed by atoms with van der Waals surface area (Å²) in [4.78, 5) is 2.31. The van der Waals surface area contributed by atoms with Crippen molar-refractivity contribution >= 4 is 0 Å². The second kappa shape index (κ2) is 5.32. The fraction of sp³-hybridized carbons (Fsp3) is 0.538. The van der Waals surface area contributed by atoms with Crippen LogP contribution in [-0.4, -0.2) is 44.7 Å². The van der Waals surface area contributed by atoms with Crippen molar-refractivity contribution in [1.82, 2.24) is 10.2 Å². The van der Waals surface area contributed by atoms with E-state index in [1.54, 1.807) is 0 Å². The maximum atomic E-state index is 5.90. The highest BCUT2D eigenvalue weighted by molar-refractivity contribution is 5.37. The average Bonchev–Trinajstić information content (AvgIpc) is 2.68. The van der Waals surface area contributed by atoms with Crippen LogP contribution >= 0.6 is 0 Å². The molecular weight excluding hydrogens is 200 g/mol. The number of nitrogens with zero attached hydrogens (tertiary/aromatic N) is 1. The molecule has 0 radical (unpaired) electrons. The normalized spacial score (nSPS) is 18.6. The predicted octanol–water partition coefficient (Wildman–Crippen LogP) is 1.14. The van der Waals surface area contributed by atoms with Crippen LogP contribution in [0.4, 0.5) is 0 Å². The summed E-state index contributed by atoms with van der Waals surface area (Å²) in [6, 6.07) is 8.33. The van der Waals surface area contributed by atoms with E-state index in [0.29, 0.717) is 6.10 Å². The number of para-hydroxylation sites is 1. The monoisotopic (exact) mass is 220 g/mol. The largest absolute Gasteiger partial charge is 0.488 e. The standard InChI is InChI=1S/C13H20N2O/c1-14-7-8-15(2)10-12-9-11-5-3-4-6-13(11)16-12/h3-6,12,14H,7-10H2,1-2H3. The first-order valence-corrected chi connectivity index (χ1v) is 5.87. The van der Waals surface area contributed by atoms with Gasteiger partial charge < -0.3 is 15.0 Å². The Balaban J connectivity index is 1.82. The van der Waals surface area contributed by atoms with Gasteiger partial charge in [0.1, 0.15) is 11.9 Å². The van der Waals surface area contributed by atoms with Crippen molar-refractivity contribution in [3.63, 3.8) is 0 Å². The van der Waals surface area contributed by atoms with Crippen molar-refractivity contribution in [3.8, 4) is 5.75 Å². The van der Waals surface area contributed by atoms with Gasteiger partial charge in [-0.25, -0.2) is 0 Å². The van der Waals surface area contributed by atoms with Crippen LogP contribution in [0.1, 0.15) is 5.56 Å². The van der Waals surface area contributed by atoms with Gasteiger partial charge in [0.2, 0.25) is 0 Å². The Morgan fingerprint density at radius 2 is 2.25 bits per heavy atom. The van der Waals surface area contributed by atoms with Crippen molar-refractivity contribution in [3.05, 3.63) is 29.8 Å². The Kier molecular flexibility index (Phi) is 3.80. The van der Waals surface area contributed by atoms with Gasteiger partial charge in [-0.2, -0.15) is 0 Å². The van der Waals surface area contributed by atoms with Gasteiger partial charge in [-0.3, -0.25) is 0 Å². The lowest BCUT2D eigenvalue weighted by Gasteiger charge is -2.20. The molecular formula is C13H20N2O. The Hall–Kier alpha value is -1.06. The van der Waals surface area contributed by atoms with Gasteiger partial charge in [-0.1, -0.05) is 18.2 Å². The minimum absolute atomic E-state index is 0.319. The molecule has 1 heterocycles. The molecule has 88 valence electrons. The number of fused-ring (bicyclic) bond motifs is 1. The molecule has 0 aliphatic carbocycles. The molecule has 0 saturated carbocycles. The van der Waals surface area contributed by atoms with E-state index in [1.807, 2.05) is 13.1 Å². The van der Waals surface area contributed by atoms with E-state index in [1.165, 1.54) is 5.56 Å². The quantitative estimate of drug-likeness (QED) is 0.805. The molecule has 0 aromatic heterocycles. The van der Waals surface area contributed by atoms with Gasteiger partial charge >= 0.3 is 0 Å². The number of ether oxygens (including phenoxy) is 1. The van der Waals surface area contributed by atoms with E-state index >= 15 is 0 Å². The molecule has 1 unspecified atom stereocenters. The fourth-order valence-corrected chi connectivity index (χ4v) is 2.10. The summed E-state index contributed by atoms with van der Waals surface area (Å²) in [5.41, 5.74) is 1.34. The molecule has 0 bridgehead atoms. The van der Waals surface area contributed by atoms with Crippen molar-refractivity contribution in [2.45, 2.75) is 12.5 Å².